The zero-order valence-corrected chi connectivity index (χ0v) is 10.2. The van der Waals surface area contributed by atoms with Crippen LogP contribution in [0.25, 0.3) is 0 Å². The van der Waals surface area contributed by atoms with E-state index in [-0.39, 0.29) is 0 Å². The van der Waals surface area contributed by atoms with Crippen LogP contribution in [0, 0.1) is 0 Å². The fraction of sp³-hybridized carbons (Fsp3) is 0.571. The maximum Gasteiger partial charge on any atom is 0.0407 e. The summed E-state index contributed by atoms with van der Waals surface area (Å²) >= 11 is 0. The van der Waals surface area contributed by atoms with Gasteiger partial charge >= 0.3 is 0 Å². The first-order valence-corrected chi connectivity index (χ1v) is 6.36. The normalized spacial score (nSPS) is 23.4. The van der Waals surface area contributed by atoms with Gasteiger partial charge in [0.25, 0.3) is 0 Å². The van der Waals surface area contributed by atoms with Crippen LogP contribution in [0.15, 0.2) is 18.2 Å². The largest absolute Gasteiger partial charge is 0.369 e. The molecule has 2 heterocycles. The highest BCUT2D eigenvalue weighted by molar-refractivity contribution is 5.61. The van der Waals surface area contributed by atoms with Gasteiger partial charge in [-0.2, -0.15) is 0 Å². The molecular formula is C14H20N2. The molecule has 2 aliphatic rings. The Bertz CT molecular complexity index is 398. The first-order chi connectivity index (χ1) is 7.77. The van der Waals surface area contributed by atoms with Crippen molar-refractivity contribution in [2.24, 2.45) is 0 Å². The number of hydrogen-bond acceptors (Lipinski definition) is 2. The van der Waals surface area contributed by atoms with Crippen molar-refractivity contribution in [2.75, 3.05) is 18.0 Å². The maximum absolute atomic E-state index is 3.53. The van der Waals surface area contributed by atoms with E-state index in [9.17, 15) is 0 Å². The minimum atomic E-state index is 0.613. The van der Waals surface area contributed by atoms with Crippen molar-refractivity contribution in [3.63, 3.8) is 0 Å². The van der Waals surface area contributed by atoms with E-state index in [2.05, 4.69) is 42.3 Å². The lowest BCUT2D eigenvalue weighted by Crippen LogP contribution is -2.41. The van der Waals surface area contributed by atoms with Gasteiger partial charge in [-0.05, 0) is 37.5 Å². The van der Waals surface area contributed by atoms with Crippen molar-refractivity contribution in [3.05, 3.63) is 29.3 Å². The van der Waals surface area contributed by atoms with E-state index < -0.39 is 0 Å². The second-order valence-electron chi connectivity index (χ2n) is 5.25. The van der Waals surface area contributed by atoms with Gasteiger partial charge in [0.15, 0.2) is 0 Å². The Morgan fingerprint density at radius 3 is 3.06 bits per heavy atom. The van der Waals surface area contributed by atoms with Gasteiger partial charge in [0.2, 0.25) is 0 Å². The average molecular weight is 216 g/mol. The fourth-order valence-corrected chi connectivity index (χ4v) is 3.16. The highest BCUT2D eigenvalue weighted by Gasteiger charge is 2.30. The predicted molar refractivity (Wildman–Crippen MR) is 68.0 cm³/mol. The third kappa shape index (κ3) is 1.44. The van der Waals surface area contributed by atoms with Crippen LogP contribution in [0.5, 0.6) is 0 Å². The second-order valence-corrected chi connectivity index (χ2v) is 5.25. The summed E-state index contributed by atoms with van der Waals surface area (Å²) in [7, 11) is 0. The van der Waals surface area contributed by atoms with Crippen molar-refractivity contribution >= 4 is 5.69 Å². The van der Waals surface area contributed by atoms with Crippen LogP contribution >= 0.6 is 0 Å². The Morgan fingerprint density at radius 1 is 1.38 bits per heavy atom. The molecule has 0 aliphatic carbocycles. The summed E-state index contributed by atoms with van der Waals surface area (Å²) in [4.78, 5) is 2.56. The topological polar surface area (TPSA) is 15.3 Å². The van der Waals surface area contributed by atoms with Crippen LogP contribution in [0.3, 0.4) is 0 Å². The molecule has 0 radical (unpaired) electrons. The third-order valence-corrected chi connectivity index (χ3v) is 3.94. The highest BCUT2D eigenvalue weighted by Crippen LogP contribution is 2.39. The smallest absolute Gasteiger partial charge is 0.0407 e. The quantitative estimate of drug-likeness (QED) is 0.776. The van der Waals surface area contributed by atoms with Gasteiger partial charge < -0.3 is 10.2 Å². The molecule has 0 saturated carbocycles. The molecule has 0 spiro atoms. The summed E-state index contributed by atoms with van der Waals surface area (Å²) in [6.07, 6.45) is 1.30. The number of nitrogens with one attached hydrogen (secondary N) is 1. The number of anilines is 1. The molecule has 1 N–H and O–H groups in total. The van der Waals surface area contributed by atoms with E-state index >= 15 is 0 Å². The molecule has 1 aromatic carbocycles. The van der Waals surface area contributed by atoms with Crippen LogP contribution < -0.4 is 10.2 Å². The Morgan fingerprint density at radius 2 is 2.25 bits per heavy atom. The maximum atomic E-state index is 3.53. The van der Waals surface area contributed by atoms with Crippen LogP contribution in [-0.4, -0.2) is 19.1 Å². The molecule has 0 amide bonds. The van der Waals surface area contributed by atoms with Crippen molar-refractivity contribution in [2.45, 2.75) is 38.8 Å². The molecule has 0 saturated heterocycles. The van der Waals surface area contributed by atoms with E-state index in [0.29, 0.717) is 6.04 Å². The van der Waals surface area contributed by atoms with Crippen LogP contribution in [0.4, 0.5) is 5.69 Å². The molecule has 3 rings (SSSR count). The van der Waals surface area contributed by atoms with Gasteiger partial charge in [0.1, 0.15) is 0 Å². The van der Waals surface area contributed by atoms with Gasteiger partial charge in [0, 0.05) is 37.3 Å². The summed E-state index contributed by atoms with van der Waals surface area (Å²) in [6, 6.07) is 7.40. The van der Waals surface area contributed by atoms with Gasteiger partial charge in [-0.15, -0.1) is 0 Å². The molecule has 16 heavy (non-hydrogen) atoms. The lowest BCUT2D eigenvalue weighted by molar-refractivity contribution is 0.479. The number of benzene rings is 1. The van der Waals surface area contributed by atoms with Crippen molar-refractivity contribution in [1.82, 2.24) is 5.32 Å². The monoisotopic (exact) mass is 216 g/mol. The molecule has 0 bridgehead atoms. The van der Waals surface area contributed by atoms with Gasteiger partial charge in [-0.3, -0.25) is 0 Å². The third-order valence-electron chi connectivity index (χ3n) is 3.94. The van der Waals surface area contributed by atoms with Crippen LogP contribution in [-0.2, 0) is 6.54 Å². The summed E-state index contributed by atoms with van der Waals surface area (Å²) in [5.41, 5.74) is 4.63. The zero-order valence-electron chi connectivity index (χ0n) is 10.2. The minimum Gasteiger partial charge on any atom is -0.369 e. The Labute approximate surface area is 97.6 Å². The zero-order chi connectivity index (χ0) is 11.1. The molecule has 1 unspecified atom stereocenters. The van der Waals surface area contributed by atoms with E-state index in [1.165, 1.54) is 24.2 Å². The number of nitrogens with zero attached hydrogens (tertiary/aromatic N) is 1. The highest BCUT2D eigenvalue weighted by atomic mass is 15.2. The van der Waals surface area contributed by atoms with Crippen molar-refractivity contribution in [1.29, 1.82) is 0 Å². The summed E-state index contributed by atoms with van der Waals surface area (Å²) in [5, 5.41) is 3.53. The molecule has 2 nitrogen and oxygen atoms in total. The van der Waals surface area contributed by atoms with Gasteiger partial charge in [0.05, 0.1) is 0 Å². The molecular weight excluding hydrogens is 196 g/mol. The SMILES string of the molecule is CC(C)N1CCC2CNCc3cccc1c32. The van der Waals surface area contributed by atoms with Crippen LogP contribution in [0.2, 0.25) is 0 Å². The summed E-state index contributed by atoms with van der Waals surface area (Å²) in [6.45, 7) is 8.00. The summed E-state index contributed by atoms with van der Waals surface area (Å²) in [5.74, 6) is 0.745. The summed E-state index contributed by atoms with van der Waals surface area (Å²) < 4.78 is 0. The number of hydrogen-bond donors (Lipinski definition) is 1. The second kappa shape index (κ2) is 3.77. The predicted octanol–water partition coefficient (Wildman–Crippen LogP) is 2.49. The van der Waals surface area contributed by atoms with E-state index in [1.807, 2.05) is 0 Å². The van der Waals surface area contributed by atoms with Crippen LogP contribution in [0.1, 0.15) is 37.3 Å². The fourth-order valence-electron chi connectivity index (χ4n) is 3.16. The van der Waals surface area contributed by atoms with Gasteiger partial charge in [-0.1, -0.05) is 12.1 Å². The van der Waals surface area contributed by atoms with E-state index in [1.54, 1.807) is 5.56 Å². The first kappa shape index (κ1) is 10.2. The van der Waals surface area contributed by atoms with Crippen molar-refractivity contribution in [3.8, 4) is 0 Å². The average Bonchev–Trinajstić information content (AvgIpc) is 2.30. The standard InChI is InChI=1S/C14H20N2/c1-10(2)16-7-6-12-9-15-8-11-4-3-5-13(16)14(11)12/h3-5,10,12,15H,6-9H2,1-2H3. The van der Waals surface area contributed by atoms with Gasteiger partial charge in [-0.25, -0.2) is 0 Å². The van der Waals surface area contributed by atoms with Crippen molar-refractivity contribution < 1.29 is 0 Å². The Balaban J connectivity index is 2.11. The molecule has 2 aliphatic heterocycles. The molecule has 2 heteroatoms. The number of rotatable bonds is 1. The molecule has 0 fully saturated rings. The Hall–Kier alpha value is -1.02. The minimum absolute atomic E-state index is 0.613. The molecule has 0 aromatic heterocycles. The van der Waals surface area contributed by atoms with E-state index in [4.69, 9.17) is 0 Å². The lowest BCUT2D eigenvalue weighted by Gasteiger charge is -2.41. The van der Waals surface area contributed by atoms with E-state index in [0.717, 1.165) is 19.0 Å². The molecule has 1 atom stereocenters. The molecule has 1 aromatic rings. The molecule has 86 valence electrons. The Kier molecular flexibility index (Phi) is 2.40. The lowest BCUT2D eigenvalue weighted by atomic mass is 9.83. The first-order valence-electron chi connectivity index (χ1n) is 6.36.